The number of pyridine rings is 1. The fourth-order valence-corrected chi connectivity index (χ4v) is 4.54. The van der Waals surface area contributed by atoms with E-state index in [1.807, 2.05) is 24.4 Å². The highest BCUT2D eigenvalue weighted by molar-refractivity contribution is 6.76. The molecule has 1 aromatic carbocycles. The first-order chi connectivity index (χ1) is 15.7. The first-order valence-corrected chi connectivity index (χ1v) is 15.0. The summed E-state index contributed by atoms with van der Waals surface area (Å²) in [5.74, 6) is 0.493. The second-order valence-corrected chi connectivity index (χ2v) is 15.4. The normalized spacial score (nSPS) is 12.0. The zero-order valence-electron chi connectivity index (χ0n) is 19.8. The van der Waals surface area contributed by atoms with Gasteiger partial charge < -0.3 is 19.5 Å². The number of furan rings is 1. The van der Waals surface area contributed by atoms with Gasteiger partial charge in [-0.3, -0.25) is 4.79 Å². The molecular weight excluding hydrogens is 432 g/mol. The van der Waals surface area contributed by atoms with Crippen molar-refractivity contribution in [2.45, 2.75) is 45.3 Å². The number of nitrogens with zero attached hydrogens (tertiary/aromatic N) is 3. The monoisotopic (exact) mass is 464 g/mol. The molecule has 0 fully saturated rings. The van der Waals surface area contributed by atoms with Crippen LogP contribution in [-0.4, -0.2) is 29.0 Å². The third-order valence-corrected chi connectivity index (χ3v) is 7.40. The van der Waals surface area contributed by atoms with Crippen molar-refractivity contribution in [2.24, 2.45) is 7.05 Å². The summed E-state index contributed by atoms with van der Waals surface area (Å²) in [5, 5.41) is 5.10. The van der Waals surface area contributed by atoms with E-state index in [0.29, 0.717) is 41.4 Å². The van der Waals surface area contributed by atoms with Crippen molar-refractivity contribution in [2.75, 3.05) is 12.3 Å². The van der Waals surface area contributed by atoms with Crippen LogP contribution >= 0.6 is 0 Å². The van der Waals surface area contributed by atoms with Crippen LogP contribution in [0.1, 0.15) is 11.1 Å². The van der Waals surface area contributed by atoms with E-state index in [0.717, 1.165) is 24.4 Å². The number of hydrogen-bond acceptors (Lipinski definition) is 5. The predicted molar refractivity (Wildman–Crippen MR) is 135 cm³/mol. The SMILES string of the molecule is Cn1cc(CCc2ccccc2)c2oc(-c3nn(COCC[Si](C)(C)C)cc3N)cc2c1=O. The van der Waals surface area contributed by atoms with Gasteiger partial charge in [-0.1, -0.05) is 50.0 Å². The van der Waals surface area contributed by atoms with Crippen molar-refractivity contribution in [3.05, 3.63) is 70.3 Å². The minimum atomic E-state index is -1.14. The number of rotatable bonds is 9. The van der Waals surface area contributed by atoms with Crippen molar-refractivity contribution in [1.29, 1.82) is 0 Å². The van der Waals surface area contributed by atoms with Crippen LogP contribution in [0.2, 0.25) is 25.7 Å². The molecular formula is C25H32N4O3Si. The van der Waals surface area contributed by atoms with Crippen LogP contribution in [-0.2, 0) is 31.4 Å². The number of ether oxygens (including phenoxy) is 1. The van der Waals surface area contributed by atoms with Gasteiger partial charge in [-0.15, -0.1) is 0 Å². The molecule has 7 nitrogen and oxygen atoms in total. The van der Waals surface area contributed by atoms with E-state index in [9.17, 15) is 4.79 Å². The molecule has 0 spiro atoms. The van der Waals surface area contributed by atoms with Crippen molar-refractivity contribution >= 4 is 24.7 Å². The maximum atomic E-state index is 12.8. The molecule has 3 aromatic heterocycles. The second-order valence-electron chi connectivity index (χ2n) is 9.73. The van der Waals surface area contributed by atoms with E-state index in [4.69, 9.17) is 14.9 Å². The Morgan fingerprint density at radius 3 is 2.61 bits per heavy atom. The van der Waals surface area contributed by atoms with Gasteiger partial charge in [-0.25, -0.2) is 4.68 Å². The Labute approximate surface area is 194 Å². The third-order valence-electron chi connectivity index (χ3n) is 5.69. The van der Waals surface area contributed by atoms with Crippen molar-refractivity contribution in [1.82, 2.24) is 14.3 Å². The topological polar surface area (TPSA) is 88.2 Å². The summed E-state index contributed by atoms with van der Waals surface area (Å²) in [7, 11) is 0.622. The smallest absolute Gasteiger partial charge is 0.261 e. The Morgan fingerprint density at radius 1 is 1.12 bits per heavy atom. The largest absolute Gasteiger partial charge is 0.454 e. The molecule has 0 saturated carbocycles. The molecule has 0 amide bonds. The van der Waals surface area contributed by atoms with Crippen LogP contribution in [0.4, 0.5) is 5.69 Å². The molecule has 8 heteroatoms. The van der Waals surface area contributed by atoms with Crippen molar-refractivity contribution in [3.63, 3.8) is 0 Å². The Bertz CT molecular complexity index is 1300. The van der Waals surface area contributed by atoms with E-state index in [2.05, 4.69) is 36.9 Å². The second kappa shape index (κ2) is 9.41. The standard InChI is InChI=1S/C25H32N4O3Si/c1-28-15-19(11-10-18-8-6-5-7-9-18)24-20(25(28)30)14-22(32-24)23-21(26)16-29(27-23)17-31-12-13-33(2,3)4/h5-9,14-16H,10-13,17,26H2,1-4H3. The number of fused-ring (bicyclic) bond motifs is 1. The lowest BCUT2D eigenvalue weighted by atomic mass is 10.0. The Balaban J connectivity index is 1.58. The summed E-state index contributed by atoms with van der Waals surface area (Å²) in [5.41, 5.74) is 9.97. The zero-order valence-corrected chi connectivity index (χ0v) is 20.8. The molecule has 4 rings (SSSR count). The molecule has 0 aliphatic rings. The van der Waals surface area contributed by atoms with Gasteiger partial charge in [-0.2, -0.15) is 5.10 Å². The van der Waals surface area contributed by atoms with Gasteiger partial charge in [0, 0.05) is 33.5 Å². The van der Waals surface area contributed by atoms with Crippen molar-refractivity contribution < 1.29 is 9.15 Å². The Morgan fingerprint density at radius 2 is 1.88 bits per heavy atom. The van der Waals surface area contributed by atoms with Gasteiger partial charge in [0.15, 0.2) is 11.5 Å². The van der Waals surface area contributed by atoms with Crippen LogP contribution in [0.25, 0.3) is 22.4 Å². The molecule has 2 N–H and O–H groups in total. The molecule has 0 aliphatic carbocycles. The quantitative estimate of drug-likeness (QED) is 0.287. The van der Waals surface area contributed by atoms with Gasteiger partial charge in [-0.05, 0) is 30.5 Å². The lowest BCUT2D eigenvalue weighted by Gasteiger charge is -2.15. The molecule has 4 aromatic rings. The average Bonchev–Trinajstić information content (AvgIpc) is 3.37. The van der Waals surface area contributed by atoms with Crippen molar-refractivity contribution in [3.8, 4) is 11.5 Å². The first kappa shape index (κ1) is 23.1. The molecule has 0 saturated heterocycles. The van der Waals surface area contributed by atoms with E-state index >= 15 is 0 Å². The highest BCUT2D eigenvalue weighted by atomic mass is 28.3. The van der Waals surface area contributed by atoms with Crippen LogP contribution in [0.15, 0.2) is 58.0 Å². The number of aromatic nitrogens is 3. The maximum Gasteiger partial charge on any atom is 0.261 e. The Kier molecular flexibility index (Phi) is 6.58. The highest BCUT2D eigenvalue weighted by Crippen LogP contribution is 2.31. The number of benzene rings is 1. The van der Waals surface area contributed by atoms with E-state index < -0.39 is 8.07 Å². The summed E-state index contributed by atoms with van der Waals surface area (Å²) in [6.45, 7) is 8.00. The van der Waals surface area contributed by atoms with Gasteiger partial charge in [0.05, 0.1) is 17.3 Å². The number of nitrogen functional groups attached to an aromatic ring is 1. The first-order valence-electron chi connectivity index (χ1n) is 11.3. The van der Waals surface area contributed by atoms with Crippen LogP contribution in [0.3, 0.4) is 0 Å². The summed E-state index contributed by atoms with van der Waals surface area (Å²) in [6.07, 6.45) is 5.22. The molecule has 0 unspecified atom stereocenters. The molecule has 174 valence electrons. The minimum Gasteiger partial charge on any atom is -0.454 e. The summed E-state index contributed by atoms with van der Waals surface area (Å²) >= 11 is 0. The fourth-order valence-electron chi connectivity index (χ4n) is 3.78. The molecule has 0 radical (unpaired) electrons. The molecule has 0 aliphatic heterocycles. The molecule has 0 bridgehead atoms. The third kappa shape index (κ3) is 5.46. The van der Waals surface area contributed by atoms with Gasteiger partial charge >= 0.3 is 0 Å². The molecule has 3 heterocycles. The summed E-state index contributed by atoms with van der Waals surface area (Å²) in [6, 6.07) is 13.1. The van der Waals surface area contributed by atoms with E-state index in [1.165, 1.54) is 5.56 Å². The van der Waals surface area contributed by atoms with Crippen LogP contribution < -0.4 is 11.3 Å². The lowest BCUT2D eigenvalue weighted by Crippen LogP contribution is -2.22. The van der Waals surface area contributed by atoms with E-state index in [1.54, 1.807) is 28.6 Å². The average molecular weight is 465 g/mol. The number of nitrogens with two attached hydrogens (primary N) is 1. The van der Waals surface area contributed by atoms with Gasteiger partial charge in [0.25, 0.3) is 5.56 Å². The molecule has 0 atom stereocenters. The highest BCUT2D eigenvalue weighted by Gasteiger charge is 2.19. The summed E-state index contributed by atoms with van der Waals surface area (Å²) < 4.78 is 15.2. The minimum absolute atomic E-state index is 0.101. The maximum absolute atomic E-state index is 12.8. The predicted octanol–water partition coefficient (Wildman–Crippen LogP) is 4.67. The number of hydrogen-bond donors (Lipinski definition) is 1. The van der Waals surface area contributed by atoms with Crippen LogP contribution in [0, 0.1) is 0 Å². The van der Waals surface area contributed by atoms with E-state index in [-0.39, 0.29) is 5.56 Å². The Hall–Kier alpha value is -3.10. The number of aryl methyl sites for hydroxylation is 3. The van der Waals surface area contributed by atoms with Crippen LogP contribution in [0.5, 0.6) is 0 Å². The zero-order chi connectivity index (χ0) is 23.6. The van der Waals surface area contributed by atoms with Gasteiger partial charge in [0.2, 0.25) is 0 Å². The fraction of sp³-hybridized carbons (Fsp3) is 0.360. The lowest BCUT2D eigenvalue weighted by molar-refractivity contribution is 0.0787. The molecule has 33 heavy (non-hydrogen) atoms. The summed E-state index contributed by atoms with van der Waals surface area (Å²) in [4.78, 5) is 12.8. The van der Waals surface area contributed by atoms with Gasteiger partial charge in [0.1, 0.15) is 12.3 Å². The number of anilines is 1.